The van der Waals surface area contributed by atoms with Crippen molar-refractivity contribution in [2.24, 2.45) is 0 Å². The number of rotatable bonds is 6. The number of nitrogens with zero attached hydrogens (tertiary/aromatic N) is 5. The van der Waals surface area contributed by atoms with Crippen LogP contribution in [0.5, 0.6) is 11.5 Å². The number of ether oxygens (including phenoxy) is 2. The zero-order chi connectivity index (χ0) is 24.5. The van der Waals surface area contributed by atoms with Gasteiger partial charge < -0.3 is 14.8 Å². The first-order valence-electron chi connectivity index (χ1n) is 9.71. The summed E-state index contributed by atoms with van der Waals surface area (Å²) in [5.74, 6) is 0.218. The first-order valence-corrected chi connectivity index (χ1v) is 9.71. The van der Waals surface area contributed by atoms with Gasteiger partial charge in [-0.25, -0.2) is 4.98 Å². The van der Waals surface area contributed by atoms with Gasteiger partial charge in [0.25, 0.3) is 5.56 Å². The molecule has 0 aliphatic rings. The van der Waals surface area contributed by atoms with E-state index in [1.54, 1.807) is 18.2 Å². The number of nitrogens with one attached hydrogen (secondary N) is 1. The molecule has 2 aromatic heterocycles. The summed E-state index contributed by atoms with van der Waals surface area (Å²) in [5, 5.41) is 10.2. The molecule has 0 fully saturated rings. The molecule has 4 aromatic rings. The fraction of sp³-hybridized carbons (Fsp3) is 0.190. The molecule has 0 unspecified atom stereocenters. The van der Waals surface area contributed by atoms with Crippen molar-refractivity contribution >= 4 is 22.8 Å². The number of amides is 1. The van der Waals surface area contributed by atoms with Gasteiger partial charge in [-0.1, -0.05) is 11.3 Å². The van der Waals surface area contributed by atoms with Gasteiger partial charge in [0.1, 0.15) is 12.9 Å². The number of hydrogen-bond acceptors (Lipinski definition) is 7. The zero-order valence-electron chi connectivity index (χ0n) is 17.8. The highest BCUT2D eigenvalue weighted by Gasteiger charge is 2.30. The second-order valence-electron chi connectivity index (χ2n) is 7.02. The van der Waals surface area contributed by atoms with E-state index in [4.69, 9.17) is 9.47 Å². The largest absolute Gasteiger partial charge is 0.493 e. The van der Waals surface area contributed by atoms with E-state index in [1.165, 1.54) is 31.0 Å². The van der Waals surface area contributed by atoms with Crippen molar-refractivity contribution in [3.63, 3.8) is 0 Å². The summed E-state index contributed by atoms with van der Waals surface area (Å²) in [4.78, 5) is 29.3. The normalized spacial score (nSPS) is 11.4. The van der Waals surface area contributed by atoms with Crippen molar-refractivity contribution in [3.05, 3.63) is 64.7 Å². The predicted molar refractivity (Wildman–Crippen MR) is 114 cm³/mol. The molecule has 34 heavy (non-hydrogen) atoms. The Kier molecular flexibility index (Phi) is 5.92. The average molecular weight is 474 g/mol. The number of alkyl halides is 3. The van der Waals surface area contributed by atoms with Crippen LogP contribution in [0, 0.1) is 0 Å². The van der Waals surface area contributed by atoms with Crippen LogP contribution in [0.25, 0.3) is 16.9 Å². The third kappa shape index (κ3) is 4.40. The second-order valence-corrected chi connectivity index (χ2v) is 7.02. The molecule has 0 saturated heterocycles. The van der Waals surface area contributed by atoms with Gasteiger partial charge in [0, 0.05) is 11.8 Å². The van der Waals surface area contributed by atoms with Crippen molar-refractivity contribution in [2.45, 2.75) is 12.7 Å². The molecular formula is C21H17F3N6O4. The van der Waals surface area contributed by atoms with Crippen LogP contribution < -0.4 is 20.3 Å². The summed E-state index contributed by atoms with van der Waals surface area (Å²) >= 11 is 0. The lowest BCUT2D eigenvalue weighted by molar-refractivity contribution is -0.137. The monoisotopic (exact) mass is 474 g/mol. The molecule has 0 aliphatic carbocycles. The van der Waals surface area contributed by atoms with Gasteiger partial charge in [-0.05, 0) is 30.3 Å². The third-order valence-electron chi connectivity index (χ3n) is 4.83. The summed E-state index contributed by atoms with van der Waals surface area (Å²) < 4.78 is 51.4. The van der Waals surface area contributed by atoms with E-state index >= 15 is 0 Å². The number of aromatic nitrogens is 5. The van der Waals surface area contributed by atoms with E-state index in [0.717, 1.165) is 23.0 Å². The van der Waals surface area contributed by atoms with Gasteiger partial charge in [-0.3, -0.25) is 14.2 Å². The summed E-state index contributed by atoms with van der Waals surface area (Å²) in [6, 6.07) is 9.13. The minimum Gasteiger partial charge on any atom is -0.493 e. The minimum atomic E-state index is -4.55. The Morgan fingerprint density at radius 3 is 2.56 bits per heavy atom. The molecule has 0 aliphatic heterocycles. The number of halogens is 3. The van der Waals surface area contributed by atoms with Gasteiger partial charge in [0.15, 0.2) is 22.7 Å². The van der Waals surface area contributed by atoms with Crippen LogP contribution in [0.2, 0.25) is 0 Å². The van der Waals surface area contributed by atoms with E-state index in [0.29, 0.717) is 17.2 Å². The second kappa shape index (κ2) is 8.84. The number of anilines is 1. The summed E-state index contributed by atoms with van der Waals surface area (Å²) in [5.41, 5.74) is -1.04. The van der Waals surface area contributed by atoms with Crippen LogP contribution in [-0.4, -0.2) is 44.7 Å². The quantitative estimate of drug-likeness (QED) is 0.457. The van der Waals surface area contributed by atoms with E-state index in [1.807, 2.05) is 0 Å². The first-order chi connectivity index (χ1) is 16.2. The Morgan fingerprint density at radius 2 is 1.85 bits per heavy atom. The van der Waals surface area contributed by atoms with Crippen LogP contribution in [-0.2, 0) is 17.5 Å². The van der Waals surface area contributed by atoms with Gasteiger partial charge in [0.05, 0.1) is 25.5 Å². The maximum Gasteiger partial charge on any atom is 0.416 e. The van der Waals surface area contributed by atoms with Crippen molar-refractivity contribution < 1.29 is 27.4 Å². The van der Waals surface area contributed by atoms with Crippen molar-refractivity contribution in [3.8, 4) is 17.2 Å². The highest BCUT2D eigenvalue weighted by molar-refractivity contribution is 5.90. The number of hydrogen-bond donors (Lipinski definition) is 1. The molecular weight excluding hydrogens is 457 g/mol. The molecule has 0 bridgehead atoms. The fourth-order valence-electron chi connectivity index (χ4n) is 3.22. The van der Waals surface area contributed by atoms with E-state index in [2.05, 4.69) is 20.6 Å². The van der Waals surface area contributed by atoms with Crippen molar-refractivity contribution in [2.75, 3.05) is 19.5 Å². The van der Waals surface area contributed by atoms with Crippen molar-refractivity contribution in [1.29, 1.82) is 0 Å². The molecule has 1 amide bonds. The Balaban J connectivity index is 1.58. The van der Waals surface area contributed by atoms with E-state index in [-0.39, 0.29) is 16.9 Å². The third-order valence-corrected chi connectivity index (χ3v) is 4.83. The number of methoxy groups -OCH3 is 2. The maximum atomic E-state index is 12.9. The predicted octanol–water partition coefficient (Wildman–Crippen LogP) is 2.65. The first kappa shape index (κ1) is 22.8. The molecule has 2 heterocycles. The van der Waals surface area contributed by atoms with Gasteiger partial charge >= 0.3 is 6.18 Å². The maximum absolute atomic E-state index is 12.9. The molecule has 1 N–H and O–H groups in total. The fourth-order valence-corrected chi connectivity index (χ4v) is 3.22. The number of benzene rings is 2. The average Bonchev–Trinajstić information content (AvgIpc) is 3.25. The molecule has 10 nitrogen and oxygen atoms in total. The lowest BCUT2D eigenvalue weighted by atomic mass is 10.2. The Labute approximate surface area is 189 Å². The Hall–Kier alpha value is -4.42. The molecule has 0 spiro atoms. The number of carbonyl (C=O) groups is 1. The lowest BCUT2D eigenvalue weighted by Crippen LogP contribution is -2.28. The molecule has 176 valence electrons. The number of fused-ring (bicyclic) bond motifs is 1. The van der Waals surface area contributed by atoms with Gasteiger partial charge in [0.2, 0.25) is 5.91 Å². The Bertz CT molecular complexity index is 1430. The van der Waals surface area contributed by atoms with Crippen molar-refractivity contribution in [1.82, 2.24) is 24.5 Å². The SMILES string of the molecule is COc1ccc(-n2nnc3c(=O)n(CC(=O)Nc4cccc(C(F)(F)F)c4)cnc32)cc1OC. The smallest absolute Gasteiger partial charge is 0.416 e. The topological polar surface area (TPSA) is 113 Å². The lowest BCUT2D eigenvalue weighted by Gasteiger charge is -2.11. The van der Waals surface area contributed by atoms with Gasteiger partial charge in [-0.15, -0.1) is 5.10 Å². The molecule has 0 saturated carbocycles. The Morgan fingerprint density at radius 1 is 1.09 bits per heavy atom. The molecule has 4 rings (SSSR count). The highest BCUT2D eigenvalue weighted by atomic mass is 19.4. The van der Waals surface area contributed by atoms with Gasteiger partial charge in [-0.2, -0.15) is 17.9 Å². The summed E-state index contributed by atoms with van der Waals surface area (Å²) in [6.07, 6.45) is -3.41. The van der Waals surface area contributed by atoms with Crippen LogP contribution >= 0.6 is 0 Å². The zero-order valence-corrected chi connectivity index (χ0v) is 17.8. The molecule has 0 atom stereocenters. The molecule has 0 radical (unpaired) electrons. The van der Waals surface area contributed by atoms with Crippen LogP contribution in [0.15, 0.2) is 53.6 Å². The van der Waals surface area contributed by atoms with E-state index < -0.39 is 29.8 Å². The molecule has 2 aromatic carbocycles. The summed E-state index contributed by atoms with van der Waals surface area (Å²) in [7, 11) is 2.97. The van der Waals surface area contributed by atoms with Crippen LogP contribution in [0.1, 0.15) is 5.56 Å². The molecule has 13 heteroatoms. The van der Waals surface area contributed by atoms with E-state index in [9.17, 15) is 22.8 Å². The summed E-state index contributed by atoms with van der Waals surface area (Å²) in [6.45, 7) is -0.485. The minimum absolute atomic E-state index is 0.0543. The highest BCUT2D eigenvalue weighted by Crippen LogP contribution is 2.31. The standard InChI is InChI=1S/C21H17F3N6O4/c1-33-15-7-6-14(9-16(15)34-2)30-19-18(27-28-30)20(32)29(11-25-19)10-17(31)26-13-5-3-4-12(8-13)21(22,23)24/h3-9,11H,10H2,1-2H3,(H,26,31). The number of carbonyl (C=O) groups excluding carboxylic acids is 1. The van der Waals surface area contributed by atoms with Crippen LogP contribution in [0.3, 0.4) is 0 Å². The van der Waals surface area contributed by atoms with Crippen LogP contribution in [0.4, 0.5) is 18.9 Å².